The number of halogens is 1. The summed E-state index contributed by atoms with van der Waals surface area (Å²) in [5.74, 6) is 1.05. The molecule has 5 nitrogen and oxygen atoms in total. The zero-order valence-corrected chi connectivity index (χ0v) is 14.6. The molecule has 0 aromatic heterocycles. The molecule has 0 saturated heterocycles. The van der Waals surface area contributed by atoms with Crippen molar-refractivity contribution in [2.24, 2.45) is 5.10 Å². The van der Waals surface area contributed by atoms with Crippen LogP contribution in [-0.4, -0.2) is 25.8 Å². The van der Waals surface area contributed by atoms with Crippen molar-refractivity contribution in [3.05, 3.63) is 58.6 Å². The molecule has 2 rings (SSSR count). The molecule has 0 atom stereocenters. The van der Waals surface area contributed by atoms with Gasteiger partial charge in [0.1, 0.15) is 0 Å². The second-order valence-corrected chi connectivity index (χ2v) is 5.54. The molecule has 2 aromatic rings. The number of amides is 1. The number of carbonyl (C=O) groups excluding carboxylic acids is 1. The van der Waals surface area contributed by atoms with Gasteiger partial charge in [-0.05, 0) is 42.8 Å². The van der Waals surface area contributed by atoms with Crippen molar-refractivity contribution < 1.29 is 14.3 Å². The number of hydrogen-bond donors (Lipinski definition) is 1. The molecule has 24 heavy (non-hydrogen) atoms. The predicted molar refractivity (Wildman–Crippen MR) is 95.1 cm³/mol. The second-order valence-electron chi connectivity index (χ2n) is 5.11. The van der Waals surface area contributed by atoms with E-state index in [0.29, 0.717) is 22.2 Å². The van der Waals surface area contributed by atoms with Gasteiger partial charge in [0, 0.05) is 10.6 Å². The predicted octanol–water partition coefficient (Wildman–Crippen LogP) is 3.44. The van der Waals surface area contributed by atoms with Gasteiger partial charge in [0.2, 0.25) is 5.91 Å². The van der Waals surface area contributed by atoms with Gasteiger partial charge in [-0.1, -0.05) is 23.7 Å². The van der Waals surface area contributed by atoms with Gasteiger partial charge < -0.3 is 9.47 Å². The number of nitrogens with zero attached hydrogens (tertiary/aromatic N) is 1. The number of methoxy groups -OCH3 is 2. The third kappa shape index (κ3) is 4.73. The zero-order chi connectivity index (χ0) is 17.5. The highest BCUT2D eigenvalue weighted by atomic mass is 35.5. The summed E-state index contributed by atoms with van der Waals surface area (Å²) in [6, 6.07) is 12.6. The molecule has 0 saturated carbocycles. The number of carbonyl (C=O) groups is 1. The van der Waals surface area contributed by atoms with Crippen molar-refractivity contribution in [1.82, 2.24) is 5.43 Å². The summed E-state index contributed by atoms with van der Waals surface area (Å²) in [5, 5.41) is 4.77. The summed E-state index contributed by atoms with van der Waals surface area (Å²) < 4.78 is 10.5. The molecular formula is C18H19ClN2O3. The largest absolute Gasteiger partial charge is 0.493 e. The first-order chi connectivity index (χ1) is 11.5. The van der Waals surface area contributed by atoms with E-state index < -0.39 is 0 Å². The van der Waals surface area contributed by atoms with Gasteiger partial charge in [0.05, 0.1) is 26.4 Å². The fourth-order valence-corrected chi connectivity index (χ4v) is 2.23. The van der Waals surface area contributed by atoms with Gasteiger partial charge >= 0.3 is 0 Å². The van der Waals surface area contributed by atoms with Crippen LogP contribution in [0.1, 0.15) is 18.1 Å². The quantitative estimate of drug-likeness (QED) is 0.644. The first kappa shape index (κ1) is 17.8. The summed E-state index contributed by atoms with van der Waals surface area (Å²) in [5.41, 5.74) is 4.93. The molecule has 0 aliphatic rings. The van der Waals surface area contributed by atoms with E-state index >= 15 is 0 Å². The van der Waals surface area contributed by atoms with Crippen LogP contribution in [0.3, 0.4) is 0 Å². The maximum atomic E-state index is 12.0. The van der Waals surface area contributed by atoms with Gasteiger partial charge in [0.15, 0.2) is 11.5 Å². The monoisotopic (exact) mass is 346 g/mol. The van der Waals surface area contributed by atoms with Crippen molar-refractivity contribution in [2.45, 2.75) is 13.3 Å². The van der Waals surface area contributed by atoms with E-state index in [0.717, 1.165) is 11.1 Å². The molecule has 0 spiro atoms. The Balaban J connectivity index is 2.02. The van der Waals surface area contributed by atoms with Crippen molar-refractivity contribution in [1.29, 1.82) is 0 Å². The lowest BCUT2D eigenvalue weighted by atomic mass is 10.1. The Hall–Kier alpha value is -2.53. The highest BCUT2D eigenvalue weighted by Crippen LogP contribution is 2.27. The lowest BCUT2D eigenvalue weighted by Crippen LogP contribution is -2.21. The molecule has 0 aliphatic carbocycles. The topological polar surface area (TPSA) is 59.9 Å². The Morgan fingerprint density at radius 3 is 2.38 bits per heavy atom. The van der Waals surface area contributed by atoms with E-state index in [1.807, 2.05) is 31.2 Å². The van der Waals surface area contributed by atoms with Crippen LogP contribution in [0.25, 0.3) is 0 Å². The SMILES string of the molecule is COc1ccc(/C(C)=N\NC(=O)Cc2ccc(Cl)cc2)cc1OC. The summed E-state index contributed by atoms with van der Waals surface area (Å²) in [6.07, 6.45) is 0.236. The highest BCUT2D eigenvalue weighted by Gasteiger charge is 2.07. The molecule has 0 radical (unpaired) electrons. The van der Waals surface area contributed by atoms with Crippen LogP contribution < -0.4 is 14.9 Å². The van der Waals surface area contributed by atoms with E-state index in [1.54, 1.807) is 32.4 Å². The fourth-order valence-electron chi connectivity index (χ4n) is 2.10. The number of rotatable bonds is 6. The molecule has 1 amide bonds. The maximum Gasteiger partial charge on any atom is 0.244 e. The number of nitrogens with one attached hydrogen (secondary N) is 1. The number of hydrogen-bond acceptors (Lipinski definition) is 4. The normalized spacial score (nSPS) is 11.1. The highest BCUT2D eigenvalue weighted by molar-refractivity contribution is 6.30. The smallest absolute Gasteiger partial charge is 0.244 e. The Kier molecular flexibility index (Phi) is 6.21. The minimum absolute atomic E-state index is 0.197. The molecular weight excluding hydrogens is 328 g/mol. The van der Waals surface area contributed by atoms with Crippen molar-refractivity contribution in [2.75, 3.05) is 14.2 Å². The number of ether oxygens (including phenoxy) is 2. The van der Waals surface area contributed by atoms with Crippen LogP contribution in [-0.2, 0) is 11.2 Å². The summed E-state index contributed by atoms with van der Waals surface area (Å²) in [4.78, 5) is 12.0. The molecule has 0 aliphatic heterocycles. The molecule has 0 unspecified atom stereocenters. The summed E-state index contributed by atoms with van der Waals surface area (Å²) in [7, 11) is 3.15. The number of benzene rings is 2. The standard InChI is InChI=1S/C18H19ClN2O3/c1-12(14-6-9-16(23-2)17(11-14)24-3)20-21-18(22)10-13-4-7-15(19)8-5-13/h4-9,11H,10H2,1-3H3,(H,21,22)/b20-12-. The maximum absolute atomic E-state index is 12.0. The van der Waals surface area contributed by atoms with E-state index in [1.165, 1.54) is 0 Å². The summed E-state index contributed by atoms with van der Waals surface area (Å²) in [6.45, 7) is 1.81. The average molecular weight is 347 g/mol. The molecule has 1 N–H and O–H groups in total. The molecule has 6 heteroatoms. The lowest BCUT2D eigenvalue weighted by molar-refractivity contribution is -0.120. The second kappa shape index (κ2) is 8.36. The van der Waals surface area contributed by atoms with Crippen LogP contribution in [0, 0.1) is 0 Å². The first-order valence-corrected chi connectivity index (χ1v) is 7.71. The minimum Gasteiger partial charge on any atom is -0.493 e. The van der Waals surface area contributed by atoms with Crippen LogP contribution in [0.2, 0.25) is 5.02 Å². The van der Waals surface area contributed by atoms with Crippen LogP contribution >= 0.6 is 11.6 Å². The third-order valence-electron chi connectivity index (χ3n) is 3.43. The van der Waals surface area contributed by atoms with E-state index in [-0.39, 0.29) is 12.3 Å². The van der Waals surface area contributed by atoms with Gasteiger partial charge in [-0.2, -0.15) is 5.10 Å². The molecule has 2 aromatic carbocycles. The average Bonchev–Trinajstić information content (AvgIpc) is 2.61. The first-order valence-electron chi connectivity index (χ1n) is 7.33. The van der Waals surface area contributed by atoms with Gasteiger partial charge in [0.25, 0.3) is 0 Å². The minimum atomic E-state index is -0.197. The van der Waals surface area contributed by atoms with Gasteiger partial charge in [-0.25, -0.2) is 5.43 Å². The Labute approximate surface area is 146 Å². The Bertz CT molecular complexity index is 742. The Morgan fingerprint density at radius 1 is 1.08 bits per heavy atom. The van der Waals surface area contributed by atoms with Crippen LogP contribution in [0.4, 0.5) is 0 Å². The zero-order valence-electron chi connectivity index (χ0n) is 13.8. The van der Waals surface area contributed by atoms with Crippen molar-refractivity contribution in [3.8, 4) is 11.5 Å². The van der Waals surface area contributed by atoms with Gasteiger partial charge in [-0.15, -0.1) is 0 Å². The molecule has 126 valence electrons. The Morgan fingerprint density at radius 2 is 1.75 bits per heavy atom. The van der Waals surface area contributed by atoms with Crippen molar-refractivity contribution in [3.63, 3.8) is 0 Å². The van der Waals surface area contributed by atoms with E-state index in [9.17, 15) is 4.79 Å². The van der Waals surface area contributed by atoms with Crippen molar-refractivity contribution >= 4 is 23.2 Å². The van der Waals surface area contributed by atoms with Gasteiger partial charge in [-0.3, -0.25) is 4.79 Å². The van der Waals surface area contributed by atoms with E-state index in [2.05, 4.69) is 10.5 Å². The van der Waals surface area contributed by atoms with Crippen LogP contribution in [0.15, 0.2) is 47.6 Å². The molecule has 0 heterocycles. The number of hydrazone groups is 1. The van der Waals surface area contributed by atoms with Crippen LogP contribution in [0.5, 0.6) is 11.5 Å². The molecule has 0 bridgehead atoms. The molecule has 0 fully saturated rings. The lowest BCUT2D eigenvalue weighted by Gasteiger charge is -2.09. The fraction of sp³-hybridized carbons (Fsp3) is 0.222. The summed E-state index contributed by atoms with van der Waals surface area (Å²) >= 11 is 5.82. The third-order valence-corrected chi connectivity index (χ3v) is 3.68. The van der Waals surface area contributed by atoms with E-state index in [4.69, 9.17) is 21.1 Å².